The van der Waals surface area contributed by atoms with Gasteiger partial charge in [-0.05, 0) is 52.4 Å². The molecule has 1 rings (SSSR count). The number of esters is 1. The van der Waals surface area contributed by atoms with Crippen molar-refractivity contribution in [3.63, 3.8) is 0 Å². The van der Waals surface area contributed by atoms with Gasteiger partial charge in [-0.1, -0.05) is 30.3 Å². The summed E-state index contributed by atoms with van der Waals surface area (Å²) in [5.41, 5.74) is 1.20. The number of hydrogen-bond acceptors (Lipinski definition) is 3. The maximum absolute atomic E-state index is 12.0. The van der Waals surface area contributed by atoms with E-state index in [1.54, 1.807) is 0 Å². The molecule has 19 heavy (non-hydrogen) atoms. The molecule has 0 aliphatic rings. The second-order valence-electron chi connectivity index (χ2n) is 5.08. The van der Waals surface area contributed by atoms with Gasteiger partial charge >= 0.3 is 5.97 Å². The summed E-state index contributed by atoms with van der Waals surface area (Å²) in [5, 5.41) is 0. The van der Waals surface area contributed by atoms with Gasteiger partial charge in [0, 0.05) is 0 Å². The first-order valence-corrected chi connectivity index (χ1v) is 6.98. The van der Waals surface area contributed by atoms with Gasteiger partial charge in [-0.25, -0.2) is 0 Å². The van der Waals surface area contributed by atoms with Crippen molar-refractivity contribution in [1.29, 1.82) is 0 Å². The number of ether oxygens (including phenoxy) is 1. The third-order valence-electron chi connectivity index (χ3n) is 3.10. The smallest absolute Gasteiger partial charge is 0.309 e. The summed E-state index contributed by atoms with van der Waals surface area (Å²) in [5.74, 6) is -0.0904. The number of rotatable bonds is 8. The molecular formula is C16H25NO2. The molecule has 3 heteroatoms. The van der Waals surface area contributed by atoms with Crippen LogP contribution in [-0.4, -0.2) is 38.1 Å². The molecule has 0 N–H and O–H groups in total. The minimum Gasteiger partial charge on any atom is -0.466 e. The summed E-state index contributed by atoms with van der Waals surface area (Å²) in [6.07, 6.45) is 2.67. The number of hydrogen-bond donors (Lipinski definition) is 0. The van der Waals surface area contributed by atoms with E-state index in [1.165, 1.54) is 5.56 Å². The molecule has 0 unspecified atom stereocenters. The van der Waals surface area contributed by atoms with Crippen LogP contribution >= 0.6 is 0 Å². The normalized spacial score (nSPS) is 12.4. The molecule has 3 nitrogen and oxygen atoms in total. The maximum atomic E-state index is 12.0. The Kier molecular flexibility index (Phi) is 7.19. The molecule has 0 fully saturated rings. The average Bonchev–Trinajstić information content (AvgIpc) is 2.38. The number of carbonyl (C=O) groups is 1. The minimum absolute atomic E-state index is 0.0256. The summed E-state index contributed by atoms with van der Waals surface area (Å²) in [4.78, 5) is 14.1. The quantitative estimate of drug-likeness (QED) is 0.675. The molecule has 1 aromatic carbocycles. The zero-order valence-electron chi connectivity index (χ0n) is 12.3. The van der Waals surface area contributed by atoms with E-state index in [9.17, 15) is 4.79 Å². The van der Waals surface area contributed by atoms with E-state index in [0.717, 1.165) is 25.8 Å². The Balaban J connectivity index is 2.56. The van der Waals surface area contributed by atoms with E-state index in [-0.39, 0.29) is 11.9 Å². The average molecular weight is 263 g/mol. The largest absolute Gasteiger partial charge is 0.466 e. The van der Waals surface area contributed by atoms with Gasteiger partial charge in [0.25, 0.3) is 0 Å². The van der Waals surface area contributed by atoms with Crippen LogP contribution in [-0.2, 0) is 16.0 Å². The summed E-state index contributed by atoms with van der Waals surface area (Å²) in [7, 11) is 4.10. The van der Waals surface area contributed by atoms with E-state index < -0.39 is 0 Å². The molecule has 0 heterocycles. The van der Waals surface area contributed by atoms with Crippen LogP contribution in [0.15, 0.2) is 30.3 Å². The lowest BCUT2D eigenvalue weighted by Gasteiger charge is -2.17. The van der Waals surface area contributed by atoms with Gasteiger partial charge in [-0.3, -0.25) is 4.79 Å². The lowest BCUT2D eigenvalue weighted by atomic mass is 9.95. The second-order valence-corrected chi connectivity index (χ2v) is 5.08. The fourth-order valence-electron chi connectivity index (χ4n) is 2.12. The van der Waals surface area contributed by atoms with Crippen LogP contribution in [0.3, 0.4) is 0 Å². The fraction of sp³-hybridized carbons (Fsp3) is 0.562. The minimum atomic E-state index is -0.0647. The molecule has 1 aromatic rings. The molecule has 0 amide bonds. The highest BCUT2D eigenvalue weighted by Gasteiger charge is 2.19. The van der Waals surface area contributed by atoms with Gasteiger partial charge < -0.3 is 9.64 Å². The van der Waals surface area contributed by atoms with Crippen molar-refractivity contribution in [3.8, 4) is 0 Å². The monoisotopic (exact) mass is 263 g/mol. The third-order valence-corrected chi connectivity index (χ3v) is 3.10. The van der Waals surface area contributed by atoms with Crippen LogP contribution in [0.25, 0.3) is 0 Å². The Hall–Kier alpha value is -1.35. The Bertz CT molecular complexity index is 362. The van der Waals surface area contributed by atoms with E-state index in [0.29, 0.717) is 6.61 Å². The van der Waals surface area contributed by atoms with Crippen molar-refractivity contribution in [3.05, 3.63) is 35.9 Å². The SMILES string of the molecule is CCOC(=O)[C@@H](CCCN(C)C)Cc1ccccc1. The van der Waals surface area contributed by atoms with E-state index >= 15 is 0 Å². The molecule has 0 saturated carbocycles. The van der Waals surface area contributed by atoms with Crippen LogP contribution in [0.5, 0.6) is 0 Å². The Labute approximate surface area is 116 Å². The van der Waals surface area contributed by atoms with Crippen molar-refractivity contribution in [2.24, 2.45) is 5.92 Å². The van der Waals surface area contributed by atoms with Crippen molar-refractivity contribution < 1.29 is 9.53 Å². The molecule has 106 valence electrons. The first-order chi connectivity index (χ1) is 9.13. The Morgan fingerprint density at radius 2 is 1.95 bits per heavy atom. The molecule has 0 saturated heterocycles. The zero-order chi connectivity index (χ0) is 14.1. The van der Waals surface area contributed by atoms with Gasteiger partial charge in [0.2, 0.25) is 0 Å². The van der Waals surface area contributed by atoms with E-state index in [1.807, 2.05) is 25.1 Å². The lowest BCUT2D eigenvalue weighted by Crippen LogP contribution is -2.22. The summed E-state index contributed by atoms with van der Waals surface area (Å²) < 4.78 is 5.18. The van der Waals surface area contributed by atoms with Gasteiger partial charge in [-0.15, -0.1) is 0 Å². The standard InChI is InChI=1S/C16H25NO2/c1-4-19-16(18)15(11-8-12-17(2)3)13-14-9-6-5-7-10-14/h5-7,9-10,15H,4,8,11-13H2,1-3H3/t15-/m0/s1. The predicted molar refractivity (Wildman–Crippen MR) is 78.1 cm³/mol. The summed E-state index contributed by atoms with van der Waals surface area (Å²) >= 11 is 0. The van der Waals surface area contributed by atoms with Gasteiger partial charge in [-0.2, -0.15) is 0 Å². The highest BCUT2D eigenvalue weighted by molar-refractivity contribution is 5.72. The summed E-state index contributed by atoms with van der Waals surface area (Å²) in [6.45, 7) is 3.32. The van der Waals surface area contributed by atoms with Crippen LogP contribution in [0, 0.1) is 5.92 Å². The predicted octanol–water partition coefficient (Wildman–Crippen LogP) is 2.75. The molecule has 0 spiro atoms. The van der Waals surface area contributed by atoms with Crippen LogP contribution in [0.1, 0.15) is 25.3 Å². The second kappa shape index (κ2) is 8.70. The Morgan fingerprint density at radius 3 is 2.53 bits per heavy atom. The van der Waals surface area contributed by atoms with Crippen LogP contribution in [0.4, 0.5) is 0 Å². The van der Waals surface area contributed by atoms with Crippen LogP contribution < -0.4 is 0 Å². The highest BCUT2D eigenvalue weighted by atomic mass is 16.5. The zero-order valence-corrected chi connectivity index (χ0v) is 12.3. The first-order valence-electron chi connectivity index (χ1n) is 6.98. The van der Waals surface area contributed by atoms with Crippen molar-refractivity contribution in [2.45, 2.75) is 26.2 Å². The van der Waals surface area contributed by atoms with Crippen LogP contribution in [0.2, 0.25) is 0 Å². The Morgan fingerprint density at radius 1 is 1.26 bits per heavy atom. The van der Waals surface area contributed by atoms with Gasteiger partial charge in [0.15, 0.2) is 0 Å². The molecule has 0 bridgehead atoms. The highest BCUT2D eigenvalue weighted by Crippen LogP contribution is 2.16. The van der Waals surface area contributed by atoms with Crippen molar-refractivity contribution in [1.82, 2.24) is 4.90 Å². The summed E-state index contributed by atoms with van der Waals surface area (Å²) in [6, 6.07) is 10.2. The van der Waals surface area contributed by atoms with Gasteiger partial charge in [0.1, 0.15) is 0 Å². The number of nitrogens with zero attached hydrogens (tertiary/aromatic N) is 1. The first kappa shape index (κ1) is 15.7. The molecule has 0 radical (unpaired) electrons. The molecule has 1 atom stereocenters. The molecule has 0 aliphatic carbocycles. The fourth-order valence-corrected chi connectivity index (χ4v) is 2.12. The number of carbonyl (C=O) groups excluding carboxylic acids is 1. The maximum Gasteiger partial charge on any atom is 0.309 e. The number of benzene rings is 1. The van der Waals surface area contributed by atoms with Crippen molar-refractivity contribution >= 4 is 5.97 Å². The third kappa shape index (κ3) is 6.39. The molecule has 0 aromatic heterocycles. The van der Waals surface area contributed by atoms with E-state index in [2.05, 4.69) is 31.1 Å². The lowest BCUT2D eigenvalue weighted by molar-refractivity contribution is -0.148. The van der Waals surface area contributed by atoms with Crippen molar-refractivity contribution in [2.75, 3.05) is 27.2 Å². The molecule has 0 aliphatic heterocycles. The topological polar surface area (TPSA) is 29.5 Å². The van der Waals surface area contributed by atoms with Gasteiger partial charge in [0.05, 0.1) is 12.5 Å². The van der Waals surface area contributed by atoms with E-state index in [4.69, 9.17) is 4.74 Å². The molecular weight excluding hydrogens is 238 g/mol.